The van der Waals surface area contributed by atoms with Crippen LogP contribution in [0.2, 0.25) is 0 Å². The molecule has 0 aromatic carbocycles. The Labute approximate surface area is 90.2 Å². The van der Waals surface area contributed by atoms with Crippen LogP contribution in [0.3, 0.4) is 0 Å². The van der Waals surface area contributed by atoms with Gasteiger partial charge >= 0.3 is 0 Å². The number of β-amino-alcohol motifs (C(OH)–C–C–N with tert-alkyl or cyclic N) is 1. The van der Waals surface area contributed by atoms with Crippen LogP contribution in [-0.2, 0) is 0 Å². The van der Waals surface area contributed by atoms with E-state index in [-0.39, 0.29) is 12.1 Å². The van der Waals surface area contributed by atoms with Crippen LogP contribution in [-0.4, -0.2) is 64.8 Å². The normalized spacial score (nSPS) is 24.1. The second-order valence-electron chi connectivity index (χ2n) is 5.09. The van der Waals surface area contributed by atoms with Crippen molar-refractivity contribution in [3.05, 3.63) is 4.91 Å². The van der Waals surface area contributed by atoms with Gasteiger partial charge in [-0.2, -0.15) is 0 Å². The molecule has 0 aliphatic carbocycles. The zero-order chi connectivity index (χ0) is 11.0. The Morgan fingerprint density at radius 2 is 1.93 bits per heavy atom. The van der Waals surface area contributed by atoms with Crippen molar-refractivity contribution in [1.29, 1.82) is 0 Å². The number of aliphatic hydroxyl groups is 1. The fraction of sp³-hybridized carbons (Fsp3) is 1.00. The Morgan fingerprint density at radius 1 is 1.33 bits per heavy atom. The minimum Gasteiger partial charge on any atom is -0.389 e. The highest BCUT2D eigenvalue weighted by molar-refractivity contribution is 4.81. The van der Waals surface area contributed by atoms with Crippen LogP contribution in [0.1, 0.15) is 13.8 Å². The Kier molecular flexibility index (Phi) is 2.93. The van der Waals surface area contributed by atoms with Crippen molar-refractivity contribution < 1.29 is 9.98 Å². The maximum absolute atomic E-state index is 11.7. The maximum atomic E-state index is 11.7. The summed E-state index contributed by atoms with van der Waals surface area (Å²) >= 11 is 0. The van der Waals surface area contributed by atoms with Gasteiger partial charge < -0.3 is 5.11 Å². The Hall–Kier alpha value is -0.680. The summed E-state index contributed by atoms with van der Waals surface area (Å²) in [6.07, 6.45) is -0.298. The highest BCUT2D eigenvalue weighted by Gasteiger charge is 2.46. The molecule has 2 rings (SSSR count). The third-order valence-corrected chi connectivity index (χ3v) is 3.00. The molecule has 0 bridgehead atoms. The topological polar surface area (TPSA) is 46.8 Å². The van der Waals surface area contributed by atoms with Crippen molar-refractivity contribution in [1.82, 2.24) is 9.91 Å². The number of hydrogen-bond donors (Lipinski definition) is 1. The van der Waals surface area contributed by atoms with Gasteiger partial charge in [-0.05, 0) is 5.92 Å². The zero-order valence-electron chi connectivity index (χ0n) is 9.46. The lowest BCUT2D eigenvalue weighted by Crippen LogP contribution is -2.64. The largest absolute Gasteiger partial charge is 0.389 e. The summed E-state index contributed by atoms with van der Waals surface area (Å²) in [6.45, 7) is 8.20. The molecule has 0 saturated carbocycles. The predicted molar refractivity (Wildman–Crippen MR) is 56.3 cm³/mol. The molecule has 86 valence electrons. The van der Waals surface area contributed by atoms with E-state index in [1.54, 1.807) is 5.01 Å². The lowest BCUT2D eigenvalue weighted by molar-refractivity contribution is -0.757. The molecule has 0 aromatic heterocycles. The van der Waals surface area contributed by atoms with E-state index in [0.29, 0.717) is 19.0 Å². The van der Waals surface area contributed by atoms with Crippen LogP contribution in [0.25, 0.3) is 0 Å². The molecule has 15 heavy (non-hydrogen) atoms. The first-order chi connectivity index (χ1) is 7.06. The molecule has 5 nitrogen and oxygen atoms in total. The fourth-order valence-electron chi connectivity index (χ4n) is 2.17. The minimum absolute atomic E-state index is 0.108. The van der Waals surface area contributed by atoms with Gasteiger partial charge in [-0.25, -0.2) is 0 Å². The van der Waals surface area contributed by atoms with Gasteiger partial charge in [-0.15, -0.1) is 5.01 Å². The molecule has 2 heterocycles. The van der Waals surface area contributed by atoms with Gasteiger partial charge in [0.1, 0.15) is 24.1 Å². The van der Waals surface area contributed by atoms with E-state index in [1.165, 1.54) is 0 Å². The van der Waals surface area contributed by atoms with Gasteiger partial charge in [0.15, 0.2) is 0 Å². The molecule has 0 spiro atoms. The zero-order valence-corrected chi connectivity index (χ0v) is 9.46. The highest BCUT2D eigenvalue weighted by atomic mass is 16.3. The van der Waals surface area contributed by atoms with Crippen molar-refractivity contribution in [3.8, 4) is 0 Å². The number of rotatable bonds is 4. The van der Waals surface area contributed by atoms with Crippen molar-refractivity contribution in [2.75, 3.05) is 32.7 Å². The second-order valence-corrected chi connectivity index (χ2v) is 5.09. The standard InChI is InChI=1S/C10H20N3O2/c1-8(2)3-11-4-9(5-11)13(15)12-6-10(14)7-12/h8-10,14H,3-7H2,1-2H3/q+1. The van der Waals surface area contributed by atoms with Crippen LogP contribution in [0.4, 0.5) is 0 Å². The lowest BCUT2D eigenvalue weighted by Gasteiger charge is -2.38. The summed E-state index contributed by atoms with van der Waals surface area (Å²) in [5.74, 6) is 0.664. The highest BCUT2D eigenvalue weighted by Crippen LogP contribution is 2.17. The number of hydrazine groups is 1. The number of hydrogen-bond acceptors (Lipinski definition) is 3. The number of nitrogens with zero attached hydrogens (tertiary/aromatic N) is 3. The number of likely N-dealkylation sites (tertiary alicyclic amines) is 1. The van der Waals surface area contributed by atoms with Crippen molar-refractivity contribution in [2.45, 2.75) is 26.0 Å². The molecule has 2 saturated heterocycles. The van der Waals surface area contributed by atoms with Crippen molar-refractivity contribution in [2.24, 2.45) is 5.92 Å². The van der Waals surface area contributed by atoms with Crippen LogP contribution in [0.15, 0.2) is 0 Å². The maximum Gasteiger partial charge on any atom is 0.259 e. The lowest BCUT2D eigenvalue weighted by atomic mass is 10.1. The average Bonchev–Trinajstić information content (AvgIpc) is 2.03. The summed E-state index contributed by atoms with van der Waals surface area (Å²) in [7, 11) is 0. The average molecular weight is 214 g/mol. The third kappa shape index (κ3) is 2.29. The second kappa shape index (κ2) is 4.06. The fourth-order valence-corrected chi connectivity index (χ4v) is 2.17. The molecule has 2 fully saturated rings. The van der Waals surface area contributed by atoms with E-state index in [2.05, 4.69) is 18.7 Å². The van der Waals surface area contributed by atoms with Gasteiger partial charge in [0.25, 0.3) is 6.04 Å². The smallest absolute Gasteiger partial charge is 0.259 e. The number of aliphatic hydroxyl groups excluding tert-OH is 1. The predicted octanol–water partition coefficient (Wildman–Crippen LogP) is -0.303. The van der Waals surface area contributed by atoms with Crippen LogP contribution in [0.5, 0.6) is 0 Å². The monoisotopic (exact) mass is 214 g/mol. The van der Waals surface area contributed by atoms with E-state index in [9.17, 15) is 4.91 Å². The van der Waals surface area contributed by atoms with Gasteiger partial charge in [-0.3, -0.25) is 4.90 Å². The summed E-state index contributed by atoms with van der Waals surface area (Å²) in [5, 5.41) is 10.8. The molecule has 1 N–H and O–H groups in total. The Bertz CT molecular complexity index is 245. The van der Waals surface area contributed by atoms with E-state index < -0.39 is 0 Å². The van der Waals surface area contributed by atoms with Crippen molar-refractivity contribution >= 4 is 0 Å². The van der Waals surface area contributed by atoms with Gasteiger partial charge in [-0.1, -0.05) is 13.8 Å². The first kappa shape index (κ1) is 10.8. The molecule has 0 radical (unpaired) electrons. The Balaban J connectivity index is 1.68. The molecule has 0 atom stereocenters. The van der Waals surface area contributed by atoms with Gasteiger partial charge in [0, 0.05) is 6.54 Å². The molecule has 2 aliphatic heterocycles. The summed E-state index contributed by atoms with van der Waals surface area (Å²) < 4.78 is 0. The number of nitroso groups, excluding NO2 is 1. The summed E-state index contributed by atoms with van der Waals surface area (Å²) in [6, 6.07) is 0.108. The van der Waals surface area contributed by atoms with E-state index in [4.69, 9.17) is 5.11 Å². The van der Waals surface area contributed by atoms with Crippen LogP contribution in [0, 0.1) is 10.8 Å². The van der Waals surface area contributed by atoms with E-state index in [1.807, 2.05) is 0 Å². The van der Waals surface area contributed by atoms with Gasteiger partial charge in [0.05, 0.1) is 18.0 Å². The third-order valence-electron chi connectivity index (χ3n) is 3.00. The molecule has 0 unspecified atom stereocenters. The quantitative estimate of drug-likeness (QED) is 0.653. The molecule has 0 aromatic rings. The summed E-state index contributed by atoms with van der Waals surface area (Å²) in [4.78, 5) is 15.1. The molecule has 0 amide bonds. The Morgan fingerprint density at radius 3 is 2.40 bits per heavy atom. The molecular weight excluding hydrogens is 194 g/mol. The molecular formula is C10H20N3O2+. The van der Waals surface area contributed by atoms with Crippen LogP contribution >= 0.6 is 0 Å². The first-order valence-electron chi connectivity index (χ1n) is 5.68. The SMILES string of the molecule is CC(C)CN1CC([N+](=O)N2CC(O)C2)C1. The molecule has 5 heteroatoms. The van der Waals surface area contributed by atoms with Crippen molar-refractivity contribution in [3.63, 3.8) is 0 Å². The van der Waals surface area contributed by atoms with Crippen LogP contribution < -0.4 is 0 Å². The first-order valence-corrected chi connectivity index (χ1v) is 5.68. The minimum atomic E-state index is -0.298. The van der Waals surface area contributed by atoms with E-state index >= 15 is 0 Å². The van der Waals surface area contributed by atoms with E-state index in [0.717, 1.165) is 24.5 Å². The summed E-state index contributed by atoms with van der Waals surface area (Å²) in [5.41, 5.74) is 0. The molecule has 2 aliphatic rings. The van der Waals surface area contributed by atoms with Gasteiger partial charge in [0.2, 0.25) is 0 Å².